The summed E-state index contributed by atoms with van der Waals surface area (Å²) in [6.07, 6.45) is 11.5. The van der Waals surface area contributed by atoms with E-state index in [0.717, 1.165) is 32.1 Å². The second-order valence-corrected chi connectivity index (χ2v) is 6.89. The monoisotopic (exact) mass is 345 g/mol. The van der Waals surface area contributed by atoms with Gasteiger partial charge in [-0.3, -0.25) is 0 Å². The largest absolute Gasteiger partial charge is 0.240 e. The van der Waals surface area contributed by atoms with Gasteiger partial charge < -0.3 is 0 Å². The standard InChI is InChI=1S/C13H21NO2S.3C2H6/c1-11-6-5-7-12(10-11)14-17(15,16)13-8-3-2-4-9-13;3*1-2/h3,8-9,11-12,14H,2,4-7,10H2,1H3;3*1-2H3. The number of hydrogen-bond acceptors (Lipinski definition) is 2. The molecule has 4 heteroatoms. The summed E-state index contributed by atoms with van der Waals surface area (Å²) >= 11 is 0. The van der Waals surface area contributed by atoms with Gasteiger partial charge in [0.15, 0.2) is 0 Å². The van der Waals surface area contributed by atoms with Crippen molar-refractivity contribution in [2.45, 2.75) is 93.0 Å². The van der Waals surface area contributed by atoms with Crippen molar-refractivity contribution in [2.75, 3.05) is 0 Å². The molecule has 1 saturated carbocycles. The highest BCUT2D eigenvalue weighted by atomic mass is 32.2. The number of rotatable bonds is 3. The van der Waals surface area contributed by atoms with E-state index in [9.17, 15) is 8.42 Å². The van der Waals surface area contributed by atoms with Crippen LogP contribution in [-0.4, -0.2) is 14.5 Å². The van der Waals surface area contributed by atoms with Crippen LogP contribution in [0.25, 0.3) is 0 Å². The van der Waals surface area contributed by atoms with Gasteiger partial charge in [-0.1, -0.05) is 73.5 Å². The maximum Gasteiger partial charge on any atom is 0.240 e. The average molecular weight is 346 g/mol. The predicted octanol–water partition coefficient (Wildman–Crippen LogP) is 5.80. The van der Waals surface area contributed by atoms with Crippen LogP contribution in [0.15, 0.2) is 23.1 Å². The van der Waals surface area contributed by atoms with Crippen molar-refractivity contribution in [3.05, 3.63) is 23.1 Å². The molecule has 0 radical (unpaired) electrons. The number of allylic oxidation sites excluding steroid dienone is 3. The summed E-state index contributed by atoms with van der Waals surface area (Å²) in [4.78, 5) is 0.446. The molecule has 0 aromatic heterocycles. The topological polar surface area (TPSA) is 46.2 Å². The molecular weight excluding hydrogens is 306 g/mol. The zero-order chi connectivity index (χ0) is 18.3. The van der Waals surface area contributed by atoms with Gasteiger partial charge in [-0.15, -0.1) is 0 Å². The lowest BCUT2D eigenvalue weighted by molar-refractivity contribution is 0.328. The molecule has 1 N–H and O–H groups in total. The van der Waals surface area contributed by atoms with E-state index in [1.807, 2.05) is 53.7 Å². The van der Waals surface area contributed by atoms with Crippen LogP contribution in [0, 0.1) is 5.92 Å². The van der Waals surface area contributed by atoms with E-state index in [0.29, 0.717) is 10.8 Å². The molecule has 138 valence electrons. The highest BCUT2D eigenvalue weighted by Gasteiger charge is 2.25. The van der Waals surface area contributed by atoms with Crippen LogP contribution >= 0.6 is 0 Å². The van der Waals surface area contributed by atoms with Gasteiger partial charge in [0.1, 0.15) is 0 Å². The fraction of sp³-hybridized carbons (Fsp3) is 0.789. The lowest BCUT2D eigenvalue weighted by Gasteiger charge is -2.27. The first-order valence-corrected chi connectivity index (χ1v) is 11.0. The van der Waals surface area contributed by atoms with E-state index in [1.165, 1.54) is 6.42 Å². The smallest absolute Gasteiger partial charge is 0.208 e. The summed E-state index contributed by atoms with van der Waals surface area (Å²) in [5.74, 6) is 0.632. The van der Waals surface area contributed by atoms with E-state index in [-0.39, 0.29) is 6.04 Å². The van der Waals surface area contributed by atoms with Crippen LogP contribution in [0.2, 0.25) is 0 Å². The molecule has 2 aliphatic carbocycles. The van der Waals surface area contributed by atoms with E-state index < -0.39 is 10.0 Å². The lowest BCUT2D eigenvalue weighted by Crippen LogP contribution is -2.38. The molecule has 0 bridgehead atoms. The minimum Gasteiger partial charge on any atom is -0.208 e. The van der Waals surface area contributed by atoms with Crippen LogP contribution < -0.4 is 4.72 Å². The number of hydrogen-bond donors (Lipinski definition) is 1. The van der Waals surface area contributed by atoms with Gasteiger partial charge in [-0.05, 0) is 37.7 Å². The van der Waals surface area contributed by atoms with Crippen LogP contribution in [0.1, 0.15) is 87.0 Å². The van der Waals surface area contributed by atoms with E-state index in [4.69, 9.17) is 0 Å². The Labute approximate surface area is 145 Å². The number of nitrogens with one attached hydrogen (secondary N) is 1. The van der Waals surface area contributed by atoms with Gasteiger partial charge in [0.2, 0.25) is 10.0 Å². The van der Waals surface area contributed by atoms with Crippen molar-refractivity contribution < 1.29 is 8.42 Å². The van der Waals surface area contributed by atoms with Crippen LogP contribution in [0.4, 0.5) is 0 Å². The maximum atomic E-state index is 12.1. The third kappa shape index (κ3) is 9.98. The molecule has 1 fully saturated rings. The molecule has 2 atom stereocenters. The van der Waals surface area contributed by atoms with Crippen LogP contribution in [0.3, 0.4) is 0 Å². The Kier molecular flexibility index (Phi) is 16.0. The zero-order valence-corrected chi connectivity index (χ0v) is 17.2. The number of sulfonamides is 1. The van der Waals surface area contributed by atoms with Gasteiger partial charge in [0, 0.05) is 6.04 Å². The summed E-state index contributed by atoms with van der Waals surface area (Å²) in [7, 11) is -3.28. The Balaban J connectivity index is 0. The molecule has 2 rings (SSSR count). The normalized spacial score (nSPS) is 23.0. The molecule has 2 aliphatic rings. The summed E-state index contributed by atoms with van der Waals surface area (Å²) in [6.45, 7) is 14.2. The molecule has 23 heavy (non-hydrogen) atoms. The second-order valence-electron chi connectivity index (χ2n) is 5.18. The first kappa shape index (κ1) is 24.6. The van der Waals surface area contributed by atoms with Crippen molar-refractivity contribution in [3.8, 4) is 0 Å². The maximum absolute atomic E-state index is 12.1. The summed E-state index contributed by atoms with van der Waals surface area (Å²) in [5, 5.41) is 0. The molecule has 3 nitrogen and oxygen atoms in total. The first-order chi connectivity index (χ1) is 11.1. The van der Waals surface area contributed by atoms with Gasteiger partial charge in [-0.2, -0.15) is 0 Å². The molecule has 0 amide bonds. The van der Waals surface area contributed by atoms with Gasteiger partial charge >= 0.3 is 0 Å². The molecule has 0 aromatic carbocycles. The minimum absolute atomic E-state index is 0.125. The van der Waals surface area contributed by atoms with Crippen molar-refractivity contribution in [1.29, 1.82) is 0 Å². The highest BCUT2D eigenvalue weighted by molar-refractivity contribution is 7.93. The Morgan fingerprint density at radius 2 is 1.61 bits per heavy atom. The van der Waals surface area contributed by atoms with Crippen molar-refractivity contribution in [2.24, 2.45) is 5.92 Å². The summed E-state index contributed by atoms with van der Waals surface area (Å²) < 4.78 is 27.1. The van der Waals surface area contributed by atoms with Crippen molar-refractivity contribution >= 4 is 10.0 Å². The fourth-order valence-electron chi connectivity index (χ4n) is 2.62. The van der Waals surface area contributed by atoms with Gasteiger partial charge in [0.05, 0.1) is 4.91 Å². The molecule has 0 heterocycles. The quantitative estimate of drug-likeness (QED) is 0.703. The van der Waals surface area contributed by atoms with Gasteiger partial charge in [0.25, 0.3) is 0 Å². The molecule has 0 aliphatic heterocycles. The molecule has 0 aromatic rings. The minimum atomic E-state index is -3.28. The third-order valence-electron chi connectivity index (χ3n) is 3.53. The Morgan fingerprint density at radius 1 is 1.00 bits per heavy atom. The van der Waals surface area contributed by atoms with Crippen LogP contribution in [-0.2, 0) is 10.0 Å². The van der Waals surface area contributed by atoms with Crippen LogP contribution in [0.5, 0.6) is 0 Å². The lowest BCUT2D eigenvalue weighted by atomic mass is 9.88. The van der Waals surface area contributed by atoms with E-state index in [2.05, 4.69) is 11.6 Å². The first-order valence-electron chi connectivity index (χ1n) is 9.47. The summed E-state index contributed by atoms with van der Waals surface area (Å²) in [6, 6.07) is 0.125. The average Bonchev–Trinajstić information content (AvgIpc) is 2.61. The zero-order valence-electron chi connectivity index (χ0n) is 16.4. The Morgan fingerprint density at radius 3 is 2.09 bits per heavy atom. The second kappa shape index (κ2) is 14.9. The SMILES string of the molecule is CC.CC.CC.CC1CCCC(NS(=O)(=O)C2=CCCC=C2)C1. The van der Waals surface area contributed by atoms with Crippen molar-refractivity contribution in [1.82, 2.24) is 4.72 Å². The van der Waals surface area contributed by atoms with Gasteiger partial charge in [-0.25, -0.2) is 13.1 Å². The van der Waals surface area contributed by atoms with Crippen molar-refractivity contribution in [3.63, 3.8) is 0 Å². The fourth-order valence-corrected chi connectivity index (χ4v) is 4.02. The Hall–Kier alpha value is -0.610. The van der Waals surface area contributed by atoms with E-state index >= 15 is 0 Å². The molecule has 0 spiro atoms. The Bertz CT molecular complexity index is 425. The van der Waals surface area contributed by atoms with E-state index in [1.54, 1.807) is 6.08 Å². The molecular formula is C19H39NO2S. The molecule has 2 unspecified atom stereocenters. The third-order valence-corrected chi connectivity index (χ3v) is 5.10. The molecule has 0 saturated heterocycles. The highest BCUT2D eigenvalue weighted by Crippen LogP contribution is 2.25. The summed E-state index contributed by atoms with van der Waals surface area (Å²) in [5.41, 5.74) is 0. The predicted molar refractivity (Wildman–Crippen MR) is 104 cm³/mol.